The Bertz CT molecular complexity index is 1500. The molecule has 0 heterocycles. The highest BCUT2D eigenvalue weighted by Crippen LogP contribution is 2.17. The van der Waals surface area contributed by atoms with Crippen LogP contribution >= 0.6 is 0 Å². The van der Waals surface area contributed by atoms with Gasteiger partial charge in [0.05, 0.1) is 0 Å². The molecule has 0 aliphatic rings. The van der Waals surface area contributed by atoms with Gasteiger partial charge >= 0.3 is 17.9 Å². The van der Waals surface area contributed by atoms with Crippen LogP contribution in [-0.2, 0) is 28.6 Å². The van der Waals surface area contributed by atoms with Gasteiger partial charge in [-0.3, -0.25) is 14.4 Å². The minimum atomic E-state index is -0.794. The smallest absolute Gasteiger partial charge is 0.306 e. The van der Waals surface area contributed by atoms with Gasteiger partial charge < -0.3 is 14.2 Å². The van der Waals surface area contributed by atoms with E-state index in [0.29, 0.717) is 19.3 Å². The van der Waals surface area contributed by atoms with Gasteiger partial charge in [-0.2, -0.15) is 0 Å². The molecule has 0 aliphatic carbocycles. The Balaban J connectivity index is 4.18. The molecule has 1 atom stereocenters. The van der Waals surface area contributed by atoms with Crippen LogP contribution < -0.4 is 0 Å². The molecule has 0 aromatic heterocycles. The maximum absolute atomic E-state index is 12.9. The Labute approximate surface area is 490 Å². The molecule has 456 valence electrons. The molecular weight excluding hydrogens is 973 g/mol. The third kappa shape index (κ3) is 65.3. The standard InChI is InChI=1S/C73H128O6/c1-4-7-10-13-16-19-22-25-27-29-30-31-32-33-34-35-36-37-38-39-40-41-42-44-45-48-51-54-57-60-63-66-72(75)78-69-70(68-77-71(74)65-62-59-56-53-50-47-24-21-18-15-12-9-6-3)79-73(76)67-64-61-58-55-52-49-46-43-28-26-23-20-17-14-11-8-5-2/h8-9,11-12,17-18,20-21,26,28-30,47,50,70H,4-7,10,13-16,19,22-25,27,31-46,48-49,51-69H2,1-3H3/b11-8-,12-9-,20-17-,21-18-,28-26-,30-29-,50-47-. The summed E-state index contributed by atoms with van der Waals surface area (Å²) in [6.45, 7) is 6.42. The van der Waals surface area contributed by atoms with Gasteiger partial charge in [0.15, 0.2) is 6.10 Å². The molecule has 0 saturated carbocycles. The lowest BCUT2D eigenvalue weighted by Crippen LogP contribution is -2.30. The van der Waals surface area contributed by atoms with Gasteiger partial charge in [-0.1, -0.05) is 298 Å². The van der Waals surface area contributed by atoms with Crippen LogP contribution in [-0.4, -0.2) is 37.2 Å². The van der Waals surface area contributed by atoms with Crippen LogP contribution in [0.5, 0.6) is 0 Å². The van der Waals surface area contributed by atoms with E-state index in [4.69, 9.17) is 14.2 Å². The van der Waals surface area contributed by atoms with Gasteiger partial charge in [-0.15, -0.1) is 0 Å². The van der Waals surface area contributed by atoms with Crippen LogP contribution in [0.15, 0.2) is 85.1 Å². The molecule has 0 aromatic carbocycles. The Morgan fingerprint density at radius 3 is 0.797 bits per heavy atom. The van der Waals surface area contributed by atoms with Crippen molar-refractivity contribution in [1.29, 1.82) is 0 Å². The van der Waals surface area contributed by atoms with Crippen LogP contribution in [0.25, 0.3) is 0 Å². The minimum Gasteiger partial charge on any atom is -0.462 e. The Morgan fingerprint density at radius 2 is 0.494 bits per heavy atom. The molecule has 0 fully saturated rings. The lowest BCUT2D eigenvalue weighted by atomic mass is 10.0. The quantitative estimate of drug-likeness (QED) is 0.0261. The predicted molar refractivity (Wildman–Crippen MR) is 344 cm³/mol. The lowest BCUT2D eigenvalue weighted by molar-refractivity contribution is -0.167. The average Bonchev–Trinajstić information content (AvgIpc) is 3.45. The number of allylic oxidation sites excluding steroid dienone is 14. The zero-order valence-electron chi connectivity index (χ0n) is 52.4. The summed E-state index contributed by atoms with van der Waals surface area (Å²) < 4.78 is 16.9. The van der Waals surface area contributed by atoms with Crippen LogP contribution in [0.4, 0.5) is 0 Å². The molecule has 6 nitrogen and oxygen atoms in total. The van der Waals surface area contributed by atoms with E-state index in [1.54, 1.807) is 0 Å². The number of esters is 3. The maximum Gasteiger partial charge on any atom is 0.306 e. The Kier molecular flexibility index (Phi) is 64.2. The van der Waals surface area contributed by atoms with E-state index >= 15 is 0 Å². The van der Waals surface area contributed by atoms with Crippen molar-refractivity contribution in [2.24, 2.45) is 0 Å². The van der Waals surface area contributed by atoms with E-state index in [1.165, 1.54) is 193 Å². The molecule has 1 unspecified atom stereocenters. The second-order valence-electron chi connectivity index (χ2n) is 22.7. The first-order valence-corrected chi connectivity index (χ1v) is 34.1. The second-order valence-corrected chi connectivity index (χ2v) is 22.7. The van der Waals surface area contributed by atoms with Gasteiger partial charge in [-0.05, 0) is 109 Å². The van der Waals surface area contributed by atoms with E-state index in [0.717, 1.165) is 109 Å². The lowest BCUT2D eigenvalue weighted by Gasteiger charge is -2.18. The van der Waals surface area contributed by atoms with E-state index < -0.39 is 6.10 Å². The molecule has 0 amide bonds. The fourth-order valence-corrected chi connectivity index (χ4v) is 9.82. The summed E-state index contributed by atoms with van der Waals surface area (Å²) in [5, 5.41) is 0. The molecule has 0 saturated heterocycles. The van der Waals surface area contributed by atoms with Gasteiger partial charge in [-0.25, -0.2) is 0 Å². The van der Waals surface area contributed by atoms with Crippen LogP contribution in [0.1, 0.15) is 342 Å². The van der Waals surface area contributed by atoms with E-state index in [1.807, 2.05) is 0 Å². The summed E-state index contributed by atoms with van der Waals surface area (Å²) in [6.07, 6.45) is 89.1. The van der Waals surface area contributed by atoms with E-state index in [-0.39, 0.29) is 31.1 Å². The summed E-state index contributed by atoms with van der Waals surface area (Å²) in [7, 11) is 0. The van der Waals surface area contributed by atoms with Crippen molar-refractivity contribution in [1.82, 2.24) is 0 Å². The van der Waals surface area contributed by atoms with Gasteiger partial charge in [0, 0.05) is 19.3 Å². The molecular formula is C73H128O6. The van der Waals surface area contributed by atoms with Crippen LogP contribution in [0.3, 0.4) is 0 Å². The van der Waals surface area contributed by atoms with Crippen molar-refractivity contribution in [3.8, 4) is 0 Å². The highest BCUT2D eigenvalue weighted by atomic mass is 16.6. The van der Waals surface area contributed by atoms with Gasteiger partial charge in [0.1, 0.15) is 13.2 Å². The number of ether oxygens (including phenoxy) is 3. The number of carbonyl (C=O) groups excluding carboxylic acids is 3. The molecule has 0 spiro atoms. The van der Waals surface area contributed by atoms with Crippen molar-refractivity contribution in [3.63, 3.8) is 0 Å². The predicted octanol–water partition coefficient (Wildman–Crippen LogP) is 23.4. The summed E-state index contributed by atoms with van der Waals surface area (Å²) >= 11 is 0. The topological polar surface area (TPSA) is 78.9 Å². The largest absolute Gasteiger partial charge is 0.462 e. The molecule has 0 N–H and O–H groups in total. The minimum absolute atomic E-state index is 0.0879. The average molecular weight is 1100 g/mol. The first kappa shape index (κ1) is 75.6. The zero-order valence-corrected chi connectivity index (χ0v) is 52.4. The van der Waals surface area contributed by atoms with Gasteiger partial charge in [0.25, 0.3) is 0 Å². The molecule has 0 radical (unpaired) electrons. The second kappa shape index (κ2) is 67.1. The van der Waals surface area contributed by atoms with Crippen LogP contribution in [0.2, 0.25) is 0 Å². The molecule has 0 aliphatic heterocycles. The highest BCUT2D eigenvalue weighted by Gasteiger charge is 2.19. The summed E-state index contributed by atoms with van der Waals surface area (Å²) in [5.74, 6) is -0.915. The highest BCUT2D eigenvalue weighted by molar-refractivity contribution is 5.71. The number of unbranched alkanes of at least 4 members (excludes halogenated alkanes) is 37. The number of hydrogen-bond acceptors (Lipinski definition) is 6. The third-order valence-electron chi connectivity index (χ3n) is 14.9. The first-order valence-electron chi connectivity index (χ1n) is 34.1. The van der Waals surface area contributed by atoms with Gasteiger partial charge in [0.2, 0.25) is 0 Å². The zero-order chi connectivity index (χ0) is 57.1. The van der Waals surface area contributed by atoms with Crippen molar-refractivity contribution in [2.75, 3.05) is 13.2 Å². The molecule has 6 heteroatoms. The van der Waals surface area contributed by atoms with Crippen molar-refractivity contribution < 1.29 is 28.6 Å². The van der Waals surface area contributed by atoms with Crippen molar-refractivity contribution >= 4 is 17.9 Å². The summed E-state index contributed by atoms with van der Waals surface area (Å²) in [4.78, 5) is 38.3. The van der Waals surface area contributed by atoms with E-state index in [2.05, 4.69) is 106 Å². The fourth-order valence-electron chi connectivity index (χ4n) is 9.82. The molecule has 0 aromatic rings. The van der Waals surface area contributed by atoms with Crippen LogP contribution in [0, 0.1) is 0 Å². The summed E-state index contributed by atoms with van der Waals surface area (Å²) in [6, 6.07) is 0. The third-order valence-corrected chi connectivity index (χ3v) is 14.9. The molecule has 0 bridgehead atoms. The van der Waals surface area contributed by atoms with Crippen molar-refractivity contribution in [3.05, 3.63) is 85.1 Å². The molecule has 79 heavy (non-hydrogen) atoms. The Morgan fingerprint density at radius 1 is 0.266 bits per heavy atom. The SMILES string of the molecule is CC/C=C\C/C=C\C/C=C\CCCCCCCCCC(=O)OC(COC(=O)CCCCC/C=C\C/C=C\C/C=C\CC)COC(=O)CCCCCCCCCCCCCCCCCCCCC/C=C\CCCCCCCCCC. The fraction of sp³-hybridized carbons (Fsp3) is 0.767. The number of rotatable bonds is 62. The summed E-state index contributed by atoms with van der Waals surface area (Å²) in [5.41, 5.74) is 0. The van der Waals surface area contributed by atoms with E-state index in [9.17, 15) is 14.4 Å². The molecule has 0 rings (SSSR count). The first-order chi connectivity index (χ1) is 39.0. The number of hydrogen-bond donors (Lipinski definition) is 0. The normalized spacial score (nSPS) is 12.6. The maximum atomic E-state index is 12.9. The number of carbonyl (C=O) groups is 3. The Hall–Kier alpha value is -3.41. The monoisotopic (exact) mass is 1100 g/mol. The van der Waals surface area contributed by atoms with Crippen molar-refractivity contribution in [2.45, 2.75) is 348 Å².